The minimum atomic E-state index is -0.888. The molecule has 2 amide bonds. The molecule has 3 rings (SSSR count). The van der Waals surface area contributed by atoms with E-state index in [2.05, 4.69) is 35.9 Å². The van der Waals surface area contributed by atoms with Crippen LogP contribution in [0.5, 0.6) is 0 Å². The lowest BCUT2D eigenvalue weighted by Crippen LogP contribution is -2.27. The summed E-state index contributed by atoms with van der Waals surface area (Å²) in [5.74, 6) is -0.379. The zero-order valence-electron chi connectivity index (χ0n) is 18.7. The monoisotopic (exact) mass is 458 g/mol. The zero-order valence-corrected chi connectivity index (χ0v) is 18.7. The van der Waals surface area contributed by atoms with Crippen molar-refractivity contribution in [3.63, 3.8) is 0 Å². The Labute approximate surface area is 188 Å². The molecule has 0 saturated carbocycles. The molecule has 0 spiro atoms. The normalized spacial score (nSPS) is 12.1. The molecule has 33 heavy (non-hydrogen) atoms. The third kappa shape index (κ3) is 6.18. The Hall–Kier alpha value is -4.16. The van der Waals surface area contributed by atoms with Gasteiger partial charge in [0.05, 0.1) is 12.4 Å². The van der Waals surface area contributed by atoms with E-state index in [4.69, 9.17) is 9.47 Å². The number of hydrogen-bond acceptors (Lipinski definition) is 9. The van der Waals surface area contributed by atoms with E-state index in [1.165, 1.54) is 36.3 Å². The molecule has 0 aliphatic heterocycles. The van der Waals surface area contributed by atoms with Crippen molar-refractivity contribution in [2.75, 3.05) is 10.6 Å². The molecule has 3 aromatic heterocycles. The maximum Gasteiger partial charge on any atom is 0.413 e. The van der Waals surface area contributed by atoms with Crippen LogP contribution in [-0.2, 0) is 16.5 Å². The molecule has 3 heterocycles. The Morgan fingerprint density at radius 2 is 1.88 bits per heavy atom. The van der Waals surface area contributed by atoms with Crippen LogP contribution in [0.15, 0.2) is 30.7 Å². The number of carbonyl (C=O) groups excluding carboxylic acids is 2. The Balaban J connectivity index is 1.70. The number of carbonyl (C=O) groups is 2. The molecule has 3 aromatic rings. The molecular weight excluding hydrogens is 435 g/mol. The van der Waals surface area contributed by atoms with Crippen molar-refractivity contribution in [3.05, 3.63) is 42.2 Å². The van der Waals surface area contributed by atoms with Gasteiger partial charge in [0.1, 0.15) is 17.4 Å². The van der Waals surface area contributed by atoms with Gasteiger partial charge < -0.3 is 9.47 Å². The third-order valence-corrected chi connectivity index (χ3v) is 4.08. The van der Waals surface area contributed by atoms with Crippen molar-refractivity contribution >= 4 is 23.8 Å². The first-order valence-electron chi connectivity index (χ1n) is 9.83. The summed E-state index contributed by atoms with van der Waals surface area (Å²) in [6.07, 6.45) is 1.54. The standard InChI is InChI=1S/C20H23FN8O4/c1-11(12-7-6-8-22-16(12)21)32-18(30)26-17-15(27-28-29(17)5)13-9-24-14(10-23-13)25-19(31)33-20(2,3)4/h6-11H,1-5H3,(H,26,30)(H,24,25,31)/t11-/m1/s1. The summed E-state index contributed by atoms with van der Waals surface area (Å²) < 4.78 is 25.5. The number of aryl methyl sites for hydroxylation is 1. The lowest BCUT2D eigenvalue weighted by atomic mass is 10.2. The van der Waals surface area contributed by atoms with Crippen LogP contribution in [0.4, 0.5) is 25.6 Å². The lowest BCUT2D eigenvalue weighted by Gasteiger charge is -2.19. The molecular formula is C20H23FN8O4. The van der Waals surface area contributed by atoms with Gasteiger partial charge in [0.25, 0.3) is 0 Å². The summed E-state index contributed by atoms with van der Waals surface area (Å²) in [4.78, 5) is 36.1. The van der Waals surface area contributed by atoms with Crippen LogP contribution in [0.2, 0.25) is 0 Å². The number of halogens is 1. The Morgan fingerprint density at radius 3 is 2.52 bits per heavy atom. The number of hydrogen-bond donors (Lipinski definition) is 2. The summed E-state index contributed by atoms with van der Waals surface area (Å²) in [6, 6.07) is 3.01. The predicted molar refractivity (Wildman–Crippen MR) is 115 cm³/mol. The van der Waals surface area contributed by atoms with Gasteiger partial charge in [-0.2, -0.15) is 4.39 Å². The molecule has 0 saturated heterocycles. The van der Waals surface area contributed by atoms with Gasteiger partial charge in [-0.15, -0.1) is 5.10 Å². The van der Waals surface area contributed by atoms with E-state index < -0.39 is 29.8 Å². The summed E-state index contributed by atoms with van der Waals surface area (Å²) in [5.41, 5.74) is -0.0348. The molecule has 0 bridgehead atoms. The second-order valence-corrected chi connectivity index (χ2v) is 7.88. The van der Waals surface area contributed by atoms with E-state index in [9.17, 15) is 14.0 Å². The molecule has 1 atom stereocenters. The summed E-state index contributed by atoms with van der Waals surface area (Å²) in [5, 5.41) is 12.9. The minimum Gasteiger partial charge on any atom is -0.444 e. The maximum absolute atomic E-state index is 13.8. The van der Waals surface area contributed by atoms with Crippen LogP contribution in [0, 0.1) is 5.95 Å². The first kappa shape index (κ1) is 23.5. The zero-order chi connectivity index (χ0) is 24.2. The van der Waals surface area contributed by atoms with Crippen molar-refractivity contribution in [3.8, 4) is 11.4 Å². The van der Waals surface area contributed by atoms with Crippen molar-refractivity contribution in [2.24, 2.45) is 7.05 Å². The number of pyridine rings is 1. The van der Waals surface area contributed by atoms with Gasteiger partial charge in [-0.05, 0) is 39.8 Å². The lowest BCUT2D eigenvalue weighted by molar-refractivity contribution is 0.0635. The quantitative estimate of drug-likeness (QED) is 0.549. The fourth-order valence-electron chi connectivity index (χ4n) is 2.64. The van der Waals surface area contributed by atoms with Gasteiger partial charge in [0.15, 0.2) is 17.3 Å². The highest BCUT2D eigenvalue weighted by Gasteiger charge is 2.21. The van der Waals surface area contributed by atoms with Crippen molar-refractivity contribution in [1.29, 1.82) is 0 Å². The van der Waals surface area contributed by atoms with Gasteiger partial charge in [-0.3, -0.25) is 10.6 Å². The van der Waals surface area contributed by atoms with Crippen LogP contribution in [0.25, 0.3) is 11.4 Å². The van der Waals surface area contributed by atoms with E-state index in [1.807, 2.05) is 0 Å². The van der Waals surface area contributed by atoms with Crippen molar-refractivity contribution < 1.29 is 23.5 Å². The third-order valence-electron chi connectivity index (χ3n) is 4.08. The Bertz CT molecular complexity index is 1140. The number of amides is 2. The molecule has 0 aliphatic carbocycles. The first-order valence-corrected chi connectivity index (χ1v) is 9.83. The van der Waals surface area contributed by atoms with E-state index in [1.54, 1.807) is 33.9 Å². The summed E-state index contributed by atoms with van der Waals surface area (Å²) >= 11 is 0. The molecule has 0 aliphatic rings. The van der Waals surface area contributed by atoms with Crippen LogP contribution in [-0.4, -0.2) is 47.7 Å². The van der Waals surface area contributed by atoms with Crippen LogP contribution in [0.3, 0.4) is 0 Å². The molecule has 12 nitrogen and oxygen atoms in total. The van der Waals surface area contributed by atoms with E-state index >= 15 is 0 Å². The highest BCUT2D eigenvalue weighted by atomic mass is 19.1. The van der Waals surface area contributed by atoms with E-state index in [0.717, 1.165) is 0 Å². The second-order valence-electron chi connectivity index (χ2n) is 7.88. The number of aromatic nitrogens is 6. The Morgan fingerprint density at radius 1 is 1.12 bits per heavy atom. The number of nitrogens with one attached hydrogen (secondary N) is 2. The van der Waals surface area contributed by atoms with Crippen molar-refractivity contribution in [1.82, 2.24) is 29.9 Å². The number of anilines is 2. The average molecular weight is 458 g/mol. The van der Waals surface area contributed by atoms with Gasteiger partial charge >= 0.3 is 12.2 Å². The SMILES string of the molecule is C[C@@H](OC(=O)Nc1c(-c2cnc(NC(=O)OC(C)(C)C)cn2)nnn1C)c1cccnc1F. The van der Waals surface area contributed by atoms with E-state index in [0.29, 0.717) is 0 Å². The van der Waals surface area contributed by atoms with Gasteiger partial charge in [-0.1, -0.05) is 5.21 Å². The minimum absolute atomic E-state index is 0.134. The smallest absolute Gasteiger partial charge is 0.413 e. The van der Waals surface area contributed by atoms with Gasteiger partial charge in [0.2, 0.25) is 5.95 Å². The van der Waals surface area contributed by atoms with Crippen LogP contribution < -0.4 is 10.6 Å². The molecule has 0 unspecified atom stereocenters. The van der Waals surface area contributed by atoms with E-state index in [-0.39, 0.29) is 28.6 Å². The Kier molecular flexibility index (Phi) is 6.80. The summed E-state index contributed by atoms with van der Waals surface area (Å²) in [6.45, 7) is 6.73. The predicted octanol–water partition coefficient (Wildman–Crippen LogP) is 3.46. The topological polar surface area (TPSA) is 146 Å². The maximum atomic E-state index is 13.8. The second kappa shape index (κ2) is 9.54. The average Bonchev–Trinajstić information content (AvgIpc) is 3.07. The van der Waals surface area contributed by atoms with Crippen LogP contribution in [0.1, 0.15) is 39.4 Å². The summed E-state index contributed by atoms with van der Waals surface area (Å²) in [7, 11) is 1.56. The van der Waals surface area contributed by atoms with Gasteiger partial charge in [0, 0.05) is 18.8 Å². The molecule has 0 fully saturated rings. The number of ether oxygens (including phenoxy) is 2. The largest absolute Gasteiger partial charge is 0.444 e. The molecule has 0 aromatic carbocycles. The molecule has 2 N–H and O–H groups in total. The molecule has 174 valence electrons. The number of nitrogens with zero attached hydrogens (tertiary/aromatic N) is 6. The van der Waals surface area contributed by atoms with Crippen molar-refractivity contribution in [2.45, 2.75) is 39.4 Å². The highest BCUT2D eigenvalue weighted by Crippen LogP contribution is 2.25. The van der Waals surface area contributed by atoms with Gasteiger partial charge in [-0.25, -0.2) is 29.2 Å². The number of rotatable bonds is 5. The fourth-order valence-corrected chi connectivity index (χ4v) is 2.64. The fraction of sp³-hybridized carbons (Fsp3) is 0.350. The van der Waals surface area contributed by atoms with Crippen LogP contribution >= 0.6 is 0 Å². The highest BCUT2D eigenvalue weighted by molar-refractivity contribution is 5.88. The molecule has 0 radical (unpaired) electrons. The first-order chi connectivity index (χ1) is 15.5. The molecule has 13 heteroatoms.